The van der Waals surface area contributed by atoms with E-state index in [1.807, 2.05) is 11.8 Å². The molecule has 1 N–H and O–H groups in total. The lowest BCUT2D eigenvalue weighted by Crippen LogP contribution is -2.19. The van der Waals surface area contributed by atoms with E-state index in [2.05, 4.69) is 51.2 Å². The first-order valence-corrected chi connectivity index (χ1v) is 7.88. The van der Waals surface area contributed by atoms with E-state index in [0.29, 0.717) is 11.2 Å². The molecule has 1 unspecified atom stereocenters. The first-order valence-electron chi connectivity index (χ1n) is 7.00. The summed E-state index contributed by atoms with van der Waals surface area (Å²) in [4.78, 5) is 1.40. The van der Waals surface area contributed by atoms with Gasteiger partial charge in [0.05, 0.1) is 6.61 Å². The summed E-state index contributed by atoms with van der Waals surface area (Å²) in [5.74, 6) is 0.695. The second kappa shape index (κ2) is 8.62. The van der Waals surface area contributed by atoms with Crippen LogP contribution >= 0.6 is 11.8 Å². The summed E-state index contributed by atoms with van der Waals surface area (Å²) in [6.45, 7) is 11.6. The number of rotatable bonds is 8. The van der Waals surface area contributed by atoms with Crippen LogP contribution in [0.2, 0.25) is 0 Å². The molecular formula is C16H27NOS. The summed E-state index contributed by atoms with van der Waals surface area (Å²) in [5.41, 5.74) is 2.72. The maximum Gasteiger partial charge on any atom is 0.0587 e. The Morgan fingerprint density at radius 1 is 1.26 bits per heavy atom. The minimum absolute atomic E-state index is 0.639. The number of nitrogens with one attached hydrogen (secondary N) is 1. The molecule has 0 amide bonds. The molecule has 0 aliphatic rings. The van der Waals surface area contributed by atoms with Crippen LogP contribution in [0.4, 0.5) is 0 Å². The third kappa shape index (κ3) is 5.98. The number of thioether (sulfide) groups is 1. The predicted octanol–water partition coefficient (Wildman–Crippen LogP) is 3.87. The Kier molecular flexibility index (Phi) is 7.51. The number of hydrogen-bond donors (Lipinski definition) is 1. The molecule has 0 radical (unpaired) electrons. The van der Waals surface area contributed by atoms with Crippen LogP contribution in [-0.4, -0.2) is 25.5 Å². The standard InChI is InChI=1S/C16H27NOS/c1-12(2)14(4)19-16-7-6-13(3)10-15(16)11-17-8-9-18-5/h6-7,10,12,14,17H,8-9,11H2,1-5H3. The lowest BCUT2D eigenvalue weighted by atomic mass is 10.1. The molecule has 0 aliphatic heterocycles. The van der Waals surface area contributed by atoms with Crippen molar-refractivity contribution in [2.75, 3.05) is 20.3 Å². The van der Waals surface area contributed by atoms with E-state index in [9.17, 15) is 0 Å². The van der Waals surface area contributed by atoms with Gasteiger partial charge in [0.2, 0.25) is 0 Å². The van der Waals surface area contributed by atoms with Gasteiger partial charge in [0, 0.05) is 30.3 Å². The Balaban J connectivity index is 2.68. The summed E-state index contributed by atoms with van der Waals surface area (Å²) in [6, 6.07) is 6.75. The van der Waals surface area contributed by atoms with Crippen LogP contribution < -0.4 is 5.32 Å². The number of benzene rings is 1. The summed E-state index contributed by atoms with van der Waals surface area (Å²) in [6.07, 6.45) is 0. The molecule has 1 atom stereocenters. The fourth-order valence-electron chi connectivity index (χ4n) is 1.69. The monoisotopic (exact) mass is 281 g/mol. The summed E-state index contributed by atoms with van der Waals surface area (Å²) >= 11 is 1.98. The van der Waals surface area contributed by atoms with Crippen molar-refractivity contribution in [3.05, 3.63) is 29.3 Å². The number of aryl methyl sites for hydroxylation is 1. The van der Waals surface area contributed by atoms with Gasteiger partial charge in [-0.05, 0) is 24.5 Å². The average molecular weight is 281 g/mol. The van der Waals surface area contributed by atoms with Crippen molar-refractivity contribution in [3.63, 3.8) is 0 Å². The van der Waals surface area contributed by atoms with Gasteiger partial charge >= 0.3 is 0 Å². The molecule has 0 spiro atoms. The van der Waals surface area contributed by atoms with Gasteiger partial charge in [0.1, 0.15) is 0 Å². The normalized spacial score (nSPS) is 12.9. The topological polar surface area (TPSA) is 21.3 Å². The lowest BCUT2D eigenvalue weighted by Gasteiger charge is -2.18. The van der Waals surface area contributed by atoms with Crippen molar-refractivity contribution in [2.24, 2.45) is 5.92 Å². The Labute approximate surface area is 122 Å². The molecule has 1 rings (SSSR count). The fourth-order valence-corrected chi connectivity index (χ4v) is 2.80. The Bertz CT molecular complexity index is 379. The van der Waals surface area contributed by atoms with Gasteiger partial charge in [-0.3, -0.25) is 0 Å². The van der Waals surface area contributed by atoms with Gasteiger partial charge in [-0.25, -0.2) is 0 Å². The molecule has 0 saturated carbocycles. The molecular weight excluding hydrogens is 254 g/mol. The Hall–Kier alpha value is -0.510. The minimum atomic E-state index is 0.639. The van der Waals surface area contributed by atoms with E-state index in [0.717, 1.165) is 19.7 Å². The quantitative estimate of drug-likeness (QED) is 0.577. The largest absolute Gasteiger partial charge is 0.383 e. The third-order valence-corrected chi connectivity index (χ3v) is 4.83. The zero-order chi connectivity index (χ0) is 14.3. The highest BCUT2D eigenvalue weighted by Crippen LogP contribution is 2.31. The highest BCUT2D eigenvalue weighted by molar-refractivity contribution is 8.00. The van der Waals surface area contributed by atoms with Crippen LogP contribution in [0.5, 0.6) is 0 Å². The number of methoxy groups -OCH3 is 1. The van der Waals surface area contributed by atoms with Crippen molar-refractivity contribution < 1.29 is 4.74 Å². The zero-order valence-electron chi connectivity index (χ0n) is 12.8. The molecule has 3 heteroatoms. The van der Waals surface area contributed by atoms with Crippen molar-refractivity contribution in [1.29, 1.82) is 0 Å². The van der Waals surface area contributed by atoms with E-state index in [1.54, 1.807) is 7.11 Å². The van der Waals surface area contributed by atoms with Crippen LogP contribution in [0.25, 0.3) is 0 Å². The third-order valence-electron chi connectivity index (χ3n) is 3.27. The average Bonchev–Trinajstić information content (AvgIpc) is 2.37. The Morgan fingerprint density at radius 2 is 2.00 bits per heavy atom. The molecule has 0 bridgehead atoms. The Morgan fingerprint density at radius 3 is 2.63 bits per heavy atom. The molecule has 0 aromatic heterocycles. The molecule has 108 valence electrons. The number of hydrogen-bond acceptors (Lipinski definition) is 3. The van der Waals surface area contributed by atoms with E-state index >= 15 is 0 Å². The summed E-state index contributed by atoms with van der Waals surface area (Å²) in [7, 11) is 1.74. The molecule has 0 aliphatic carbocycles. The first-order chi connectivity index (χ1) is 9.04. The van der Waals surface area contributed by atoms with Crippen molar-refractivity contribution in [2.45, 2.75) is 44.4 Å². The molecule has 0 saturated heterocycles. The molecule has 0 heterocycles. The van der Waals surface area contributed by atoms with Gasteiger partial charge < -0.3 is 10.1 Å². The van der Waals surface area contributed by atoms with E-state index < -0.39 is 0 Å². The highest BCUT2D eigenvalue weighted by Gasteiger charge is 2.11. The van der Waals surface area contributed by atoms with Crippen LogP contribution in [0.1, 0.15) is 31.9 Å². The van der Waals surface area contributed by atoms with Gasteiger partial charge in [0.25, 0.3) is 0 Å². The molecule has 19 heavy (non-hydrogen) atoms. The minimum Gasteiger partial charge on any atom is -0.383 e. The highest BCUT2D eigenvalue weighted by atomic mass is 32.2. The van der Waals surface area contributed by atoms with Crippen molar-refractivity contribution in [1.82, 2.24) is 5.32 Å². The SMILES string of the molecule is COCCNCc1cc(C)ccc1SC(C)C(C)C. The van der Waals surface area contributed by atoms with Crippen LogP contribution in [0, 0.1) is 12.8 Å². The van der Waals surface area contributed by atoms with E-state index in [1.165, 1.54) is 16.0 Å². The van der Waals surface area contributed by atoms with E-state index in [4.69, 9.17) is 4.74 Å². The van der Waals surface area contributed by atoms with Crippen LogP contribution in [0.3, 0.4) is 0 Å². The first kappa shape index (κ1) is 16.5. The summed E-state index contributed by atoms with van der Waals surface area (Å²) < 4.78 is 5.06. The van der Waals surface area contributed by atoms with E-state index in [-0.39, 0.29) is 0 Å². The second-order valence-electron chi connectivity index (χ2n) is 5.35. The van der Waals surface area contributed by atoms with Crippen molar-refractivity contribution >= 4 is 11.8 Å². The van der Waals surface area contributed by atoms with Crippen LogP contribution in [-0.2, 0) is 11.3 Å². The van der Waals surface area contributed by atoms with Crippen LogP contribution in [0.15, 0.2) is 23.1 Å². The second-order valence-corrected chi connectivity index (χ2v) is 6.77. The molecule has 1 aromatic carbocycles. The summed E-state index contributed by atoms with van der Waals surface area (Å²) in [5, 5.41) is 4.07. The predicted molar refractivity (Wildman–Crippen MR) is 84.9 cm³/mol. The zero-order valence-corrected chi connectivity index (χ0v) is 13.6. The fraction of sp³-hybridized carbons (Fsp3) is 0.625. The van der Waals surface area contributed by atoms with Gasteiger partial charge in [-0.1, -0.05) is 38.5 Å². The molecule has 1 aromatic rings. The number of ether oxygens (including phenoxy) is 1. The lowest BCUT2D eigenvalue weighted by molar-refractivity contribution is 0.199. The molecule has 2 nitrogen and oxygen atoms in total. The maximum absolute atomic E-state index is 5.06. The van der Waals surface area contributed by atoms with Gasteiger partial charge in [-0.2, -0.15) is 0 Å². The van der Waals surface area contributed by atoms with Crippen molar-refractivity contribution in [3.8, 4) is 0 Å². The van der Waals surface area contributed by atoms with Gasteiger partial charge in [0.15, 0.2) is 0 Å². The smallest absolute Gasteiger partial charge is 0.0587 e. The molecule has 0 fully saturated rings. The van der Waals surface area contributed by atoms with Gasteiger partial charge in [-0.15, -0.1) is 11.8 Å². The maximum atomic E-state index is 5.06.